The lowest BCUT2D eigenvalue weighted by Crippen LogP contribution is -2.15. The zero-order valence-electron chi connectivity index (χ0n) is 18.1. The highest BCUT2D eigenvalue weighted by Crippen LogP contribution is 2.30. The minimum absolute atomic E-state index is 0.153. The maximum absolute atomic E-state index is 12.6. The van der Waals surface area contributed by atoms with Gasteiger partial charge < -0.3 is 10.1 Å². The van der Waals surface area contributed by atoms with Gasteiger partial charge in [-0.15, -0.1) is 10.2 Å². The third-order valence-electron chi connectivity index (χ3n) is 4.88. The fourth-order valence-corrected chi connectivity index (χ4v) is 4.13. The SMILES string of the molecule is COc1ccccc1NC(=O)CSc1nnc(-c2ccncc2)n1-c1ccc(C)cc1C. The molecule has 4 rings (SSSR count). The Hall–Kier alpha value is -3.65. The molecular weight excluding hydrogens is 422 g/mol. The number of benzene rings is 2. The van der Waals surface area contributed by atoms with Gasteiger partial charge in [-0.05, 0) is 49.7 Å². The molecule has 0 aliphatic carbocycles. The Kier molecular flexibility index (Phi) is 6.51. The van der Waals surface area contributed by atoms with Crippen molar-refractivity contribution in [2.75, 3.05) is 18.2 Å². The number of thioether (sulfide) groups is 1. The summed E-state index contributed by atoms with van der Waals surface area (Å²) in [7, 11) is 1.58. The van der Waals surface area contributed by atoms with Gasteiger partial charge in [0.1, 0.15) is 5.75 Å². The van der Waals surface area contributed by atoms with Crippen LogP contribution in [0.2, 0.25) is 0 Å². The quantitative estimate of drug-likeness (QED) is 0.416. The molecule has 1 N–H and O–H groups in total. The fraction of sp³-hybridized carbons (Fsp3) is 0.167. The molecule has 0 atom stereocenters. The fourth-order valence-electron chi connectivity index (χ4n) is 3.39. The van der Waals surface area contributed by atoms with Crippen LogP contribution < -0.4 is 10.1 Å². The number of nitrogens with zero attached hydrogens (tertiary/aromatic N) is 4. The van der Waals surface area contributed by atoms with E-state index in [4.69, 9.17) is 4.74 Å². The van der Waals surface area contributed by atoms with Gasteiger partial charge in [0, 0.05) is 18.0 Å². The Labute approximate surface area is 190 Å². The van der Waals surface area contributed by atoms with Crippen molar-refractivity contribution in [2.45, 2.75) is 19.0 Å². The number of rotatable bonds is 7. The molecule has 1 amide bonds. The van der Waals surface area contributed by atoms with E-state index in [2.05, 4.69) is 52.5 Å². The Bertz CT molecular complexity index is 1240. The first-order valence-corrected chi connectivity index (χ1v) is 11.0. The molecule has 2 aromatic carbocycles. The van der Waals surface area contributed by atoms with Crippen molar-refractivity contribution in [1.82, 2.24) is 19.7 Å². The molecule has 0 spiro atoms. The highest BCUT2D eigenvalue weighted by atomic mass is 32.2. The van der Waals surface area contributed by atoms with Gasteiger partial charge in [0.25, 0.3) is 0 Å². The number of nitrogens with one attached hydrogen (secondary N) is 1. The van der Waals surface area contributed by atoms with E-state index >= 15 is 0 Å². The summed E-state index contributed by atoms with van der Waals surface area (Å²) in [6.07, 6.45) is 3.45. The van der Waals surface area contributed by atoms with Crippen LogP contribution >= 0.6 is 11.8 Å². The largest absolute Gasteiger partial charge is 0.495 e. The van der Waals surface area contributed by atoms with Gasteiger partial charge in [0.15, 0.2) is 11.0 Å². The van der Waals surface area contributed by atoms with E-state index in [1.807, 2.05) is 28.8 Å². The maximum Gasteiger partial charge on any atom is 0.234 e. The number of ether oxygens (including phenoxy) is 1. The van der Waals surface area contributed by atoms with Crippen LogP contribution in [-0.4, -0.2) is 38.5 Å². The summed E-state index contributed by atoms with van der Waals surface area (Å²) in [5.74, 6) is 1.34. The van der Waals surface area contributed by atoms with Crippen LogP contribution in [0, 0.1) is 13.8 Å². The van der Waals surface area contributed by atoms with Gasteiger partial charge in [-0.1, -0.05) is 41.6 Å². The zero-order chi connectivity index (χ0) is 22.5. The van der Waals surface area contributed by atoms with Crippen molar-refractivity contribution in [3.8, 4) is 22.8 Å². The van der Waals surface area contributed by atoms with E-state index in [0.717, 1.165) is 16.8 Å². The normalized spacial score (nSPS) is 10.7. The molecule has 0 unspecified atom stereocenters. The number of carbonyl (C=O) groups is 1. The number of anilines is 1. The van der Waals surface area contributed by atoms with E-state index in [1.54, 1.807) is 31.6 Å². The zero-order valence-corrected chi connectivity index (χ0v) is 18.9. The first-order valence-electron chi connectivity index (χ1n) is 10.1. The van der Waals surface area contributed by atoms with E-state index in [9.17, 15) is 4.79 Å². The van der Waals surface area contributed by atoms with Gasteiger partial charge in [-0.3, -0.25) is 14.3 Å². The molecule has 0 bridgehead atoms. The topological polar surface area (TPSA) is 81.9 Å². The van der Waals surface area contributed by atoms with Crippen molar-refractivity contribution >= 4 is 23.4 Å². The van der Waals surface area contributed by atoms with E-state index in [0.29, 0.717) is 22.4 Å². The smallest absolute Gasteiger partial charge is 0.234 e. The van der Waals surface area contributed by atoms with Crippen molar-refractivity contribution in [2.24, 2.45) is 0 Å². The van der Waals surface area contributed by atoms with Crippen LogP contribution in [-0.2, 0) is 4.79 Å². The van der Waals surface area contributed by atoms with Crippen molar-refractivity contribution in [3.63, 3.8) is 0 Å². The second kappa shape index (κ2) is 9.65. The monoisotopic (exact) mass is 445 g/mol. The number of pyridine rings is 1. The number of aromatic nitrogens is 4. The summed E-state index contributed by atoms with van der Waals surface area (Å²) in [4.78, 5) is 16.7. The lowest BCUT2D eigenvalue weighted by atomic mass is 10.1. The lowest BCUT2D eigenvalue weighted by molar-refractivity contribution is -0.113. The number of hydrogen-bond donors (Lipinski definition) is 1. The molecule has 0 fully saturated rings. The van der Waals surface area contributed by atoms with Crippen molar-refractivity contribution < 1.29 is 9.53 Å². The van der Waals surface area contributed by atoms with Crippen molar-refractivity contribution in [1.29, 1.82) is 0 Å². The summed E-state index contributed by atoms with van der Waals surface area (Å²) in [6, 6.07) is 17.3. The van der Waals surface area contributed by atoms with Crippen LogP contribution in [0.3, 0.4) is 0 Å². The Balaban J connectivity index is 1.63. The van der Waals surface area contributed by atoms with Gasteiger partial charge in [-0.2, -0.15) is 0 Å². The number of amides is 1. The van der Waals surface area contributed by atoms with Crippen LogP contribution in [0.15, 0.2) is 72.1 Å². The summed E-state index contributed by atoms with van der Waals surface area (Å²) < 4.78 is 7.30. The second-order valence-electron chi connectivity index (χ2n) is 7.20. The number of para-hydroxylation sites is 2. The predicted molar refractivity (Wildman–Crippen MR) is 126 cm³/mol. The predicted octanol–water partition coefficient (Wildman–Crippen LogP) is 4.69. The Morgan fingerprint density at radius 3 is 2.59 bits per heavy atom. The molecule has 0 aliphatic heterocycles. The molecule has 0 saturated heterocycles. The molecular formula is C24H23N5O2S. The summed E-state index contributed by atoms with van der Waals surface area (Å²) >= 11 is 1.33. The van der Waals surface area contributed by atoms with Gasteiger partial charge in [0.05, 0.1) is 24.2 Å². The van der Waals surface area contributed by atoms with E-state index in [1.165, 1.54) is 17.3 Å². The minimum atomic E-state index is -0.153. The van der Waals surface area contributed by atoms with E-state index in [-0.39, 0.29) is 11.7 Å². The molecule has 4 aromatic rings. The molecule has 0 radical (unpaired) electrons. The van der Waals surface area contributed by atoms with Gasteiger partial charge in [-0.25, -0.2) is 0 Å². The first kappa shape index (κ1) is 21.6. The number of aryl methyl sites for hydroxylation is 2. The molecule has 0 saturated carbocycles. The van der Waals surface area contributed by atoms with E-state index < -0.39 is 0 Å². The average molecular weight is 446 g/mol. The molecule has 7 nitrogen and oxygen atoms in total. The van der Waals surface area contributed by atoms with Crippen LogP contribution in [0.25, 0.3) is 17.1 Å². The summed E-state index contributed by atoms with van der Waals surface area (Å²) in [6.45, 7) is 4.12. The number of hydrogen-bond acceptors (Lipinski definition) is 6. The van der Waals surface area contributed by atoms with Crippen LogP contribution in [0.5, 0.6) is 5.75 Å². The second-order valence-corrected chi connectivity index (χ2v) is 8.15. The molecule has 162 valence electrons. The van der Waals surface area contributed by atoms with Crippen LogP contribution in [0.1, 0.15) is 11.1 Å². The lowest BCUT2D eigenvalue weighted by Gasteiger charge is -2.14. The molecule has 8 heteroatoms. The van der Waals surface area contributed by atoms with Gasteiger partial charge in [0.2, 0.25) is 5.91 Å². The molecule has 2 aromatic heterocycles. The van der Waals surface area contributed by atoms with Crippen LogP contribution in [0.4, 0.5) is 5.69 Å². The summed E-state index contributed by atoms with van der Waals surface area (Å²) in [5.41, 5.74) is 4.78. The highest BCUT2D eigenvalue weighted by molar-refractivity contribution is 7.99. The third kappa shape index (κ3) is 4.65. The molecule has 32 heavy (non-hydrogen) atoms. The molecule has 2 heterocycles. The summed E-state index contributed by atoms with van der Waals surface area (Å²) in [5, 5.41) is 12.4. The third-order valence-corrected chi connectivity index (χ3v) is 5.81. The average Bonchev–Trinajstić information content (AvgIpc) is 3.22. The maximum atomic E-state index is 12.6. The highest BCUT2D eigenvalue weighted by Gasteiger charge is 2.19. The Morgan fingerprint density at radius 1 is 1.06 bits per heavy atom. The Morgan fingerprint density at radius 2 is 1.84 bits per heavy atom. The van der Waals surface area contributed by atoms with Gasteiger partial charge >= 0.3 is 0 Å². The minimum Gasteiger partial charge on any atom is -0.495 e. The first-order chi connectivity index (χ1) is 15.6. The number of methoxy groups -OCH3 is 1. The van der Waals surface area contributed by atoms with Crippen molar-refractivity contribution in [3.05, 3.63) is 78.1 Å². The molecule has 0 aliphatic rings. The standard InChI is InChI=1S/C24H23N5O2S/c1-16-8-9-20(17(2)14-16)29-23(18-10-12-25-13-11-18)27-28-24(29)32-15-22(30)26-19-6-4-5-7-21(19)31-3/h4-14H,15H2,1-3H3,(H,26,30). The number of carbonyl (C=O) groups excluding carboxylic acids is 1.